The van der Waals surface area contributed by atoms with Crippen molar-refractivity contribution in [1.29, 1.82) is 0 Å². The summed E-state index contributed by atoms with van der Waals surface area (Å²) in [6.07, 6.45) is 5.47. The van der Waals surface area contributed by atoms with E-state index in [0.29, 0.717) is 11.8 Å². The van der Waals surface area contributed by atoms with Crippen LogP contribution in [-0.4, -0.2) is 31.1 Å². The van der Waals surface area contributed by atoms with E-state index in [9.17, 15) is 9.59 Å². The first-order valence-corrected chi connectivity index (χ1v) is 9.24. The van der Waals surface area contributed by atoms with Crippen LogP contribution in [0.2, 0.25) is 0 Å². The Morgan fingerprint density at radius 1 is 1.19 bits per heavy atom. The van der Waals surface area contributed by atoms with Crippen LogP contribution >= 0.6 is 0 Å². The van der Waals surface area contributed by atoms with Gasteiger partial charge in [-0.25, -0.2) is 4.79 Å². The highest BCUT2D eigenvalue weighted by Gasteiger charge is 2.29. The molecule has 4 atom stereocenters. The molecule has 1 N–H and O–H groups in total. The number of hydrogen-bond acceptors (Lipinski definition) is 4. The van der Waals surface area contributed by atoms with Gasteiger partial charge in [-0.2, -0.15) is 0 Å². The summed E-state index contributed by atoms with van der Waals surface area (Å²) >= 11 is 0. The number of benzene rings is 1. The molecule has 1 amide bonds. The maximum Gasteiger partial charge on any atom is 0.331 e. The van der Waals surface area contributed by atoms with Gasteiger partial charge in [0.15, 0.2) is 6.10 Å². The van der Waals surface area contributed by atoms with Crippen LogP contribution in [0.5, 0.6) is 5.75 Å². The smallest absolute Gasteiger partial charge is 0.331 e. The molecular weight excluding hydrogens is 330 g/mol. The van der Waals surface area contributed by atoms with Crippen molar-refractivity contribution >= 4 is 18.0 Å². The third kappa shape index (κ3) is 5.61. The van der Waals surface area contributed by atoms with E-state index in [0.717, 1.165) is 24.2 Å². The summed E-state index contributed by atoms with van der Waals surface area (Å²) in [5.41, 5.74) is 0.852. The maximum absolute atomic E-state index is 12.3. The highest BCUT2D eigenvalue weighted by molar-refractivity contribution is 5.90. The second-order valence-electron chi connectivity index (χ2n) is 7.07. The molecule has 2 rings (SSSR count). The molecule has 0 saturated heterocycles. The number of ether oxygens (including phenoxy) is 2. The van der Waals surface area contributed by atoms with Crippen molar-refractivity contribution < 1.29 is 19.1 Å². The van der Waals surface area contributed by atoms with Crippen LogP contribution in [-0.2, 0) is 14.3 Å². The first-order valence-electron chi connectivity index (χ1n) is 9.24. The molecule has 0 aromatic heterocycles. The molecule has 1 aromatic rings. The number of esters is 1. The summed E-state index contributed by atoms with van der Waals surface area (Å²) in [5.74, 6) is 1.02. The van der Waals surface area contributed by atoms with Gasteiger partial charge in [0.2, 0.25) is 0 Å². The van der Waals surface area contributed by atoms with Crippen LogP contribution in [0.4, 0.5) is 0 Å². The molecule has 0 heterocycles. The van der Waals surface area contributed by atoms with Gasteiger partial charge in [0.25, 0.3) is 5.91 Å². The summed E-state index contributed by atoms with van der Waals surface area (Å²) in [5, 5.41) is 3.04. The fourth-order valence-corrected chi connectivity index (χ4v) is 3.23. The van der Waals surface area contributed by atoms with E-state index in [1.807, 2.05) is 24.3 Å². The first kappa shape index (κ1) is 20.0. The van der Waals surface area contributed by atoms with Gasteiger partial charge in [0.1, 0.15) is 5.75 Å². The van der Waals surface area contributed by atoms with Crippen LogP contribution in [0.1, 0.15) is 45.6 Å². The van der Waals surface area contributed by atoms with Crippen molar-refractivity contribution in [2.75, 3.05) is 7.11 Å². The molecule has 5 heteroatoms. The van der Waals surface area contributed by atoms with Gasteiger partial charge in [-0.3, -0.25) is 4.79 Å². The minimum absolute atomic E-state index is 0.155. The number of rotatable bonds is 6. The Hall–Kier alpha value is -2.30. The minimum atomic E-state index is -0.813. The summed E-state index contributed by atoms with van der Waals surface area (Å²) in [7, 11) is 1.60. The Morgan fingerprint density at radius 2 is 1.88 bits per heavy atom. The third-order valence-corrected chi connectivity index (χ3v) is 5.22. The monoisotopic (exact) mass is 359 g/mol. The predicted molar refractivity (Wildman–Crippen MR) is 102 cm³/mol. The van der Waals surface area contributed by atoms with E-state index >= 15 is 0 Å². The fraction of sp³-hybridized carbons (Fsp3) is 0.524. The lowest BCUT2D eigenvalue weighted by Crippen LogP contribution is -2.47. The van der Waals surface area contributed by atoms with Gasteiger partial charge in [-0.15, -0.1) is 0 Å². The molecule has 1 aliphatic rings. The van der Waals surface area contributed by atoms with Crippen molar-refractivity contribution in [3.8, 4) is 5.75 Å². The SMILES string of the molecule is COc1ccc(/C=C/C(=O)O[C@H](C)C(=O)N[C@H]2CCC[C@@H](C)[C@H]2C)cc1. The van der Waals surface area contributed by atoms with Gasteiger partial charge < -0.3 is 14.8 Å². The van der Waals surface area contributed by atoms with Crippen molar-refractivity contribution in [3.63, 3.8) is 0 Å². The van der Waals surface area contributed by atoms with Gasteiger partial charge in [0.05, 0.1) is 7.11 Å². The van der Waals surface area contributed by atoms with Gasteiger partial charge in [-0.05, 0) is 49.0 Å². The number of methoxy groups -OCH3 is 1. The second kappa shape index (κ2) is 9.41. The van der Waals surface area contributed by atoms with Crippen LogP contribution < -0.4 is 10.1 Å². The number of carbonyl (C=O) groups excluding carboxylic acids is 2. The van der Waals surface area contributed by atoms with E-state index in [1.165, 1.54) is 12.5 Å². The summed E-state index contributed by atoms with van der Waals surface area (Å²) in [4.78, 5) is 24.3. The molecule has 1 saturated carbocycles. The molecule has 1 aromatic carbocycles. The maximum atomic E-state index is 12.3. The molecule has 1 aliphatic carbocycles. The van der Waals surface area contributed by atoms with E-state index in [-0.39, 0.29) is 11.9 Å². The zero-order chi connectivity index (χ0) is 19.1. The lowest BCUT2D eigenvalue weighted by Gasteiger charge is -2.35. The predicted octanol–water partition coefficient (Wildman–Crippen LogP) is 3.58. The molecule has 26 heavy (non-hydrogen) atoms. The van der Waals surface area contributed by atoms with E-state index in [4.69, 9.17) is 9.47 Å². The molecular formula is C21H29NO4. The van der Waals surface area contributed by atoms with Crippen molar-refractivity contribution in [2.45, 2.75) is 52.2 Å². The lowest BCUT2D eigenvalue weighted by atomic mass is 9.78. The lowest BCUT2D eigenvalue weighted by molar-refractivity contribution is -0.150. The minimum Gasteiger partial charge on any atom is -0.497 e. The molecule has 1 fully saturated rings. The Morgan fingerprint density at radius 3 is 2.54 bits per heavy atom. The normalized spacial score (nSPS) is 24.1. The largest absolute Gasteiger partial charge is 0.497 e. The quantitative estimate of drug-likeness (QED) is 0.623. The number of amides is 1. The van der Waals surface area contributed by atoms with E-state index in [1.54, 1.807) is 20.1 Å². The number of carbonyl (C=O) groups is 2. The Labute approximate surface area is 155 Å². The van der Waals surface area contributed by atoms with Gasteiger partial charge >= 0.3 is 5.97 Å². The summed E-state index contributed by atoms with van der Waals surface area (Å²) in [6, 6.07) is 7.46. The number of hydrogen-bond donors (Lipinski definition) is 1. The van der Waals surface area contributed by atoms with Crippen LogP contribution in [0.3, 0.4) is 0 Å². The Kier molecular flexibility index (Phi) is 7.25. The third-order valence-electron chi connectivity index (χ3n) is 5.22. The molecule has 0 spiro atoms. The molecule has 0 radical (unpaired) electrons. The van der Waals surface area contributed by atoms with Gasteiger partial charge in [0, 0.05) is 12.1 Å². The topological polar surface area (TPSA) is 64.6 Å². The van der Waals surface area contributed by atoms with Crippen molar-refractivity contribution in [1.82, 2.24) is 5.32 Å². The zero-order valence-electron chi connectivity index (χ0n) is 16.0. The summed E-state index contributed by atoms with van der Waals surface area (Å²) < 4.78 is 10.3. The Bertz CT molecular complexity index is 638. The van der Waals surface area contributed by atoms with E-state index in [2.05, 4.69) is 19.2 Å². The highest BCUT2D eigenvalue weighted by atomic mass is 16.5. The van der Waals surface area contributed by atoms with E-state index < -0.39 is 12.1 Å². The molecule has 142 valence electrons. The van der Waals surface area contributed by atoms with Crippen LogP contribution in [0, 0.1) is 11.8 Å². The van der Waals surface area contributed by atoms with Crippen molar-refractivity contribution in [2.24, 2.45) is 11.8 Å². The second-order valence-corrected chi connectivity index (χ2v) is 7.07. The molecule has 0 unspecified atom stereocenters. The number of nitrogens with one attached hydrogen (secondary N) is 1. The average Bonchev–Trinajstić information content (AvgIpc) is 2.64. The van der Waals surface area contributed by atoms with Gasteiger partial charge in [-0.1, -0.05) is 38.8 Å². The standard InChI is InChI=1S/C21H29NO4/c1-14-6-5-7-19(15(14)2)22-21(24)16(3)26-20(23)13-10-17-8-11-18(25-4)12-9-17/h8-16,19H,5-7H2,1-4H3,(H,22,24)/b13-10+/t14-,15-,16-,19+/m1/s1. The highest BCUT2D eigenvalue weighted by Crippen LogP contribution is 2.29. The molecule has 0 aliphatic heterocycles. The molecule has 0 bridgehead atoms. The fourth-order valence-electron chi connectivity index (χ4n) is 3.23. The molecule has 5 nitrogen and oxygen atoms in total. The van der Waals surface area contributed by atoms with Crippen LogP contribution in [0.25, 0.3) is 6.08 Å². The summed E-state index contributed by atoms with van der Waals surface area (Å²) in [6.45, 7) is 5.99. The Balaban J connectivity index is 1.83. The van der Waals surface area contributed by atoms with Crippen LogP contribution in [0.15, 0.2) is 30.3 Å². The average molecular weight is 359 g/mol. The zero-order valence-corrected chi connectivity index (χ0v) is 16.0. The van der Waals surface area contributed by atoms with Crippen molar-refractivity contribution in [3.05, 3.63) is 35.9 Å². The first-order chi connectivity index (χ1) is 12.4.